The van der Waals surface area contributed by atoms with Gasteiger partial charge in [0.05, 0.1) is 20.2 Å². The van der Waals surface area contributed by atoms with Gasteiger partial charge in [0.25, 0.3) is 0 Å². The molecular formula is C12H8BrCl2N. The molecule has 0 aliphatic carbocycles. The SMILES string of the molecule is Clc1cnc(Cc2ccccc2)c(Cl)c1Br. The summed E-state index contributed by atoms with van der Waals surface area (Å²) in [7, 11) is 0. The first-order valence-corrected chi connectivity index (χ1v) is 6.25. The van der Waals surface area contributed by atoms with E-state index in [4.69, 9.17) is 23.2 Å². The maximum absolute atomic E-state index is 6.15. The van der Waals surface area contributed by atoms with Crippen LogP contribution >= 0.6 is 39.1 Å². The largest absolute Gasteiger partial charge is 0.258 e. The summed E-state index contributed by atoms with van der Waals surface area (Å²) in [5.74, 6) is 0. The van der Waals surface area contributed by atoms with Crippen LogP contribution in [0.25, 0.3) is 0 Å². The van der Waals surface area contributed by atoms with E-state index in [1.54, 1.807) is 6.20 Å². The molecule has 0 amide bonds. The van der Waals surface area contributed by atoms with E-state index in [0.29, 0.717) is 20.9 Å². The van der Waals surface area contributed by atoms with Crippen molar-refractivity contribution >= 4 is 39.1 Å². The molecule has 0 saturated heterocycles. The number of hydrogen-bond donors (Lipinski definition) is 0. The van der Waals surface area contributed by atoms with Crippen molar-refractivity contribution < 1.29 is 0 Å². The Hall–Kier alpha value is -0.570. The fourth-order valence-electron chi connectivity index (χ4n) is 1.39. The van der Waals surface area contributed by atoms with Gasteiger partial charge in [-0.1, -0.05) is 53.5 Å². The molecule has 0 aliphatic rings. The van der Waals surface area contributed by atoms with E-state index in [2.05, 4.69) is 20.9 Å². The normalized spacial score (nSPS) is 10.4. The number of benzene rings is 1. The standard InChI is InChI=1S/C12H8BrCl2N/c13-11-9(14)7-16-10(12(11)15)6-8-4-2-1-3-5-8/h1-5,7H,6H2. The van der Waals surface area contributed by atoms with Crippen molar-refractivity contribution in [2.24, 2.45) is 0 Å². The molecule has 82 valence electrons. The maximum Gasteiger partial charge on any atom is 0.0782 e. The minimum Gasteiger partial charge on any atom is -0.258 e. The van der Waals surface area contributed by atoms with Crippen LogP contribution in [0.5, 0.6) is 0 Å². The van der Waals surface area contributed by atoms with Crippen LogP contribution in [0.15, 0.2) is 41.0 Å². The predicted octanol–water partition coefficient (Wildman–Crippen LogP) is 4.74. The molecular weight excluding hydrogens is 309 g/mol. The second-order valence-electron chi connectivity index (χ2n) is 3.34. The van der Waals surface area contributed by atoms with E-state index in [9.17, 15) is 0 Å². The molecule has 16 heavy (non-hydrogen) atoms. The van der Waals surface area contributed by atoms with Crippen molar-refractivity contribution in [1.29, 1.82) is 0 Å². The van der Waals surface area contributed by atoms with Crippen molar-refractivity contribution in [1.82, 2.24) is 4.98 Å². The second-order valence-corrected chi connectivity index (χ2v) is 4.92. The monoisotopic (exact) mass is 315 g/mol. The Bertz CT molecular complexity index is 500. The Morgan fingerprint density at radius 1 is 1.12 bits per heavy atom. The molecule has 0 spiro atoms. The highest BCUT2D eigenvalue weighted by molar-refractivity contribution is 9.10. The van der Waals surface area contributed by atoms with Crippen LogP contribution in [-0.2, 0) is 6.42 Å². The summed E-state index contributed by atoms with van der Waals surface area (Å²) in [5, 5.41) is 1.11. The third kappa shape index (κ3) is 2.57. The Morgan fingerprint density at radius 2 is 1.81 bits per heavy atom. The summed E-state index contributed by atoms with van der Waals surface area (Å²) in [4.78, 5) is 4.24. The summed E-state index contributed by atoms with van der Waals surface area (Å²) >= 11 is 15.4. The molecule has 0 N–H and O–H groups in total. The van der Waals surface area contributed by atoms with Crippen LogP contribution in [0.2, 0.25) is 10.0 Å². The van der Waals surface area contributed by atoms with Gasteiger partial charge in [0, 0.05) is 12.6 Å². The van der Waals surface area contributed by atoms with Gasteiger partial charge in [0.1, 0.15) is 0 Å². The fraction of sp³-hybridized carbons (Fsp3) is 0.0833. The fourth-order valence-corrected chi connectivity index (χ4v) is 2.13. The molecule has 0 fully saturated rings. The van der Waals surface area contributed by atoms with Crippen LogP contribution in [0.4, 0.5) is 0 Å². The number of rotatable bonds is 2. The van der Waals surface area contributed by atoms with E-state index >= 15 is 0 Å². The van der Waals surface area contributed by atoms with Gasteiger partial charge in [-0.15, -0.1) is 0 Å². The lowest BCUT2D eigenvalue weighted by molar-refractivity contribution is 1.07. The molecule has 1 aromatic carbocycles. The van der Waals surface area contributed by atoms with Crippen LogP contribution in [0, 0.1) is 0 Å². The minimum absolute atomic E-state index is 0.529. The Kier molecular flexibility index (Phi) is 3.85. The zero-order valence-corrected chi connectivity index (χ0v) is 11.4. The molecule has 1 nitrogen and oxygen atoms in total. The van der Waals surface area contributed by atoms with Gasteiger partial charge in [0.15, 0.2) is 0 Å². The van der Waals surface area contributed by atoms with Crippen LogP contribution < -0.4 is 0 Å². The van der Waals surface area contributed by atoms with E-state index in [1.165, 1.54) is 5.56 Å². The van der Waals surface area contributed by atoms with Crippen molar-refractivity contribution in [2.45, 2.75) is 6.42 Å². The molecule has 2 rings (SSSR count). The molecule has 1 aromatic heterocycles. The highest BCUT2D eigenvalue weighted by Crippen LogP contribution is 2.32. The summed E-state index contributed by atoms with van der Waals surface area (Å²) in [5.41, 5.74) is 2.00. The zero-order chi connectivity index (χ0) is 11.5. The van der Waals surface area contributed by atoms with Crippen LogP contribution in [-0.4, -0.2) is 4.98 Å². The highest BCUT2D eigenvalue weighted by atomic mass is 79.9. The molecule has 0 atom stereocenters. The summed E-state index contributed by atoms with van der Waals surface area (Å²) in [6.07, 6.45) is 2.31. The topological polar surface area (TPSA) is 12.9 Å². The third-order valence-corrected chi connectivity index (χ3v) is 4.18. The minimum atomic E-state index is 0.529. The molecule has 4 heteroatoms. The summed E-state index contributed by atoms with van der Waals surface area (Å²) in [6, 6.07) is 10.1. The van der Waals surface area contributed by atoms with Gasteiger partial charge in [-0.25, -0.2) is 0 Å². The first-order chi connectivity index (χ1) is 7.68. The molecule has 0 aliphatic heterocycles. The molecule has 0 bridgehead atoms. The lowest BCUT2D eigenvalue weighted by Gasteiger charge is -2.06. The lowest BCUT2D eigenvalue weighted by atomic mass is 10.1. The van der Waals surface area contributed by atoms with Gasteiger partial charge < -0.3 is 0 Å². The summed E-state index contributed by atoms with van der Waals surface area (Å²) < 4.78 is 0.705. The molecule has 0 unspecified atom stereocenters. The average molecular weight is 317 g/mol. The van der Waals surface area contributed by atoms with Crippen molar-refractivity contribution in [2.75, 3.05) is 0 Å². The average Bonchev–Trinajstić information content (AvgIpc) is 2.31. The van der Waals surface area contributed by atoms with Crippen LogP contribution in [0.3, 0.4) is 0 Å². The van der Waals surface area contributed by atoms with Crippen molar-refractivity contribution in [3.63, 3.8) is 0 Å². The molecule has 0 saturated carbocycles. The number of pyridine rings is 1. The quantitative estimate of drug-likeness (QED) is 0.779. The predicted molar refractivity (Wildman–Crippen MR) is 71.2 cm³/mol. The number of halogens is 3. The number of aromatic nitrogens is 1. The molecule has 2 aromatic rings. The maximum atomic E-state index is 6.15. The van der Waals surface area contributed by atoms with Crippen molar-refractivity contribution in [3.05, 3.63) is 62.3 Å². The molecule has 1 heterocycles. The van der Waals surface area contributed by atoms with Gasteiger partial charge in [-0.3, -0.25) is 4.98 Å². The van der Waals surface area contributed by atoms with E-state index < -0.39 is 0 Å². The van der Waals surface area contributed by atoms with Crippen LogP contribution in [0.1, 0.15) is 11.3 Å². The first-order valence-electron chi connectivity index (χ1n) is 4.71. The molecule has 0 radical (unpaired) electrons. The zero-order valence-electron chi connectivity index (χ0n) is 8.25. The van der Waals surface area contributed by atoms with Crippen molar-refractivity contribution in [3.8, 4) is 0 Å². The first kappa shape index (κ1) is 11.9. The third-order valence-electron chi connectivity index (χ3n) is 2.20. The highest BCUT2D eigenvalue weighted by Gasteiger charge is 2.09. The van der Waals surface area contributed by atoms with Gasteiger partial charge in [0.2, 0.25) is 0 Å². The van der Waals surface area contributed by atoms with Gasteiger partial charge in [-0.2, -0.15) is 0 Å². The van der Waals surface area contributed by atoms with Gasteiger partial charge in [-0.05, 0) is 21.5 Å². The second kappa shape index (κ2) is 5.17. The number of nitrogens with zero attached hydrogens (tertiary/aromatic N) is 1. The Morgan fingerprint density at radius 3 is 2.50 bits per heavy atom. The van der Waals surface area contributed by atoms with E-state index in [1.807, 2.05) is 30.3 Å². The Labute approximate surface area is 113 Å². The van der Waals surface area contributed by atoms with E-state index in [-0.39, 0.29) is 0 Å². The Balaban J connectivity index is 2.33. The lowest BCUT2D eigenvalue weighted by Crippen LogP contribution is -1.94. The smallest absolute Gasteiger partial charge is 0.0782 e. The van der Waals surface area contributed by atoms with Gasteiger partial charge >= 0.3 is 0 Å². The number of hydrogen-bond acceptors (Lipinski definition) is 1. The summed E-state index contributed by atoms with van der Waals surface area (Å²) in [6.45, 7) is 0. The van der Waals surface area contributed by atoms with E-state index in [0.717, 1.165) is 5.69 Å².